The Kier molecular flexibility index (Phi) is 6.07. The second-order valence-corrected chi connectivity index (χ2v) is 4.33. The van der Waals surface area contributed by atoms with Gasteiger partial charge in [0.25, 0.3) is 0 Å². The Balaban J connectivity index is 2.80. The molecule has 0 bridgehead atoms. The Morgan fingerprint density at radius 2 is 2.11 bits per heavy atom. The van der Waals surface area contributed by atoms with E-state index in [1.807, 2.05) is 6.07 Å². The Hall–Kier alpha value is -1.83. The fraction of sp³-hybridized carbons (Fsp3) is 0.286. The Labute approximate surface area is 117 Å². The number of ether oxygens (including phenoxy) is 2. The first-order valence-corrected chi connectivity index (χ1v) is 6.02. The number of methoxy groups -OCH3 is 1. The van der Waals surface area contributed by atoms with Gasteiger partial charge in [0.05, 0.1) is 6.61 Å². The molecule has 100 valence electrons. The van der Waals surface area contributed by atoms with Gasteiger partial charge >= 0.3 is 5.97 Å². The third-order valence-corrected chi connectivity index (χ3v) is 2.48. The van der Waals surface area contributed by atoms with Crippen LogP contribution in [0.2, 0.25) is 5.02 Å². The van der Waals surface area contributed by atoms with Crippen LogP contribution in [0.1, 0.15) is 12.5 Å². The summed E-state index contributed by atoms with van der Waals surface area (Å²) in [6.07, 6.45) is 1.05. The summed E-state index contributed by atoms with van der Waals surface area (Å²) >= 11 is 5.76. The molecule has 0 fully saturated rings. The number of nitriles is 1. The van der Waals surface area contributed by atoms with Crippen molar-refractivity contribution in [1.29, 1.82) is 5.26 Å². The SMILES string of the molecule is COC[C@H](C)OC(=O)/C(C#N)=C/c1ccc(Cl)cc1. The van der Waals surface area contributed by atoms with Crippen molar-refractivity contribution in [3.8, 4) is 6.07 Å². The molecule has 1 aromatic carbocycles. The largest absolute Gasteiger partial charge is 0.456 e. The van der Waals surface area contributed by atoms with Crippen LogP contribution in [0.3, 0.4) is 0 Å². The van der Waals surface area contributed by atoms with E-state index in [1.54, 1.807) is 31.2 Å². The van der Waals surface area contributed by atoms with Gasteiger partial charge in [0.1, 0.15) is 17.7 Å². The van der Waals surface area contributed by atoms with Crippen molar-refractivity contribution in [3.05, 3.63) is 40.4 Å². The summed E-state index contributed by atoms with van der Waals surface area (Å²) < 4.78 is 9.91. The van der Waals surface area contributed by atoms with Crippen molar-refractivity contribution in [2.45, 2.75) is 13.0 Å². The summed E-state index contributed by atoms with van der Waals surface area (Å²) in [5.41, 5.74) is 0.641. The van der Waals surface area contributed by atoms with Crippen molar-refractivity contribution in [1.82, 2.24) is 0 Å². The molecule has 5 heteroatoms. The molecule has 0 aromatic heterocycles. The van der Waals surface area contributed by atoms with Gasteiger partial charge in [-0.2, -0.15) is 5.26 Å². The lowest BCUT2D eigenvalue weighted by molar-refractivity contribution is -0.145. The zero-order chi connectivity index (χ0) is 14.3. The number of hydrogen-bond donors (Lipinski definition) is 0. The van der Waals surface area contributed by atoms with Crippen LogP contribution in [0.15, 0.2) is 29.8 Å². The molecule has 19 heavy (non-hydrogen) atoms. The molecular formula is C14H14ClNO3. The van der Waals surface area contributed by atoms with Gasteiger partial charge in [-0.1, -0.05) is 23.7 Å². The van der Waals surface area contributed by atoms with E-state index in [4.69, 9.17) is 26.3 Å². The summed E-state index contributed by atoms with van der Waals surface area (Å²) in [6, 6.07) is 8.62. The maximum absolute atomic E-state index is 11.7. The third-order valence-electron chi connectivity index (χ3n) is 2.23. The van der Waals surface area contributed by atoms with Gasteiger partial charge in [-0.3, -0.25) is 0 Å². The third kappa shape index (κ3) is 5.12. The Morgan fingerprint density at radius 1 is 1.47 bits per heavy atom. The minimum Gasteiger partial charge on any atom is -0.456 e. The number of hydrogen-bond acceptors (Lipinski definition) is 4. The maximum Gasteiger partial charge on any atom is 0.349 e. The highest BCUT2D eigenvalue weighted by molar-refractivity contribution is 6.30. The van der Waals surface area contributed by atoms with Crippen LogP contribution in [-0.2, 0) is 14.3 Å². The fourth-order valence-electron chi connectivity index (χ4n) is 1.38. The summed E-state index contributed by atoms with van der Waals surface area (Å²) in [4.78, 5) is 11.7. The van der Waals surface area contributed by atoms with Gasteiger partial charge in [0.2, 0.25) is 0 Å². The van der Waals surface area contributed by atoms with E-state index < -0.39 is 12.1 Å². The molecule has 0 spiro atoms. The summed E-state index contributed by atoms with van der Waals surface area (Å²) in [7, 11) is 1.51. The van der Waals surface area contributed by atoms with Crippen LogP contribution in [-0.4, -0.2) is 25.8 Å². The van der Waals surface area contributed by atoms with Crippen molar-refractivity contribution in [2.75, 3.05) is 13.7 Å². The van der Waals surface area contributed by atoms with Crippen LogP contribution in [0.25, 0.3) is 6.08 Å². The Bertz CT molecular complexity index is 502. The van der Waals surface area contributed by atoms with Gasteiger partial charge in [0.15, 0.2) is 0 Å². The number of nitrogens with zero attached hydrogens (tertiary/aromatic N) is 1. The van der Waals surface area contributed by atoms with E-state index in [0.717, 1.165) is 0 Å². The molecule has 1 atom stereocenters. The first kappa shape index (κ1) is 15.2. The highest BCUT2D eigenvalue weighted by Crippen LogP contribution is 2.13. The van der Waals surface area contributed by atoms with E-state index in [-0.39, 0.29) is 12.2 Å². The van der Waals surface area contributed by atoms with Crippen molar-refractivity contribution in [3.63, 3.8) is 0 Å². The van der Waals surface area contributed by atoms with Crippen LogP contribution in [0.5, 0.6) is 0 Å². The standard InChI is InChI=1S/C14H14ClNO3/c1-10(9-18-2)19-14(17)12(8-16)7-11-3-5-13(15)6-4-11/h3-7,10H,9H2,1-2H3/b12-7+/t10-/m0/s1. The number of halogens is 1. The highest BCUT2D eigenvalue weighted by atomic mass is 35.5. The van der Waals surface area contributed by atoms with Crippen LogP contribution in [0.4, 0.5) is 0 Å². The second kappa shape index (κ2) is 7.57. The molecule has 0 amide bonds. The van der Waals surface area contributed by atoms with Crippen LogP contribution in [0, 0.1) is 11.3 Å². The van der Waals surface area contributed by atoms with E-state index in [0.29, 0.717) is 10.6 Å². The summed E-state index contributed by atoms with van der Waals surface area (Å²) in [5, 5.41) is 9.57. The highest BCUT2D eigenvalue weighted by Gasteiger charge is 2.14. The summed E-state index contributed by atoms with van der Waals surface area (Å²) in [6.45, 7) is 1.98. The van der Waals surface area contributed by atoms with E-state index in [9.17, 15) is 4.79 Å². The maximum atomic E-state index is 11.7. The fourth-order valence-corrected chi connectivity index (χ4v) is 1.50. The number of carbonyl (C=O) groups is 1. The van der Waals surface area contributed by atoms with Crippen molar-refractivity contribution in [2.24, 2.45) is 0 Å². The Morgan fingerprint density at radius 3 is 2.63 bits per heavy atom. The lowest BCUT2D eigenvalue weighted by Crippen LogP contribution is -2.20. The second-order valence-electron chi connectivity index (χ2n) is 3.89. The topological polar surface area (TPSA) is 59.3 Å². The quantitative estimate of drug-likeness (QED) is 0.472. The number of esters is 1. The molecule has 0 radical (unpaired) electrons. The lowest BCUT2D eigenvalue weighted by Gasteiger charge is -2.11. The minimum absolute atomic E-state index is 0.0646. The average Bonchev–Trinajstić information content (AvgIpc) is 2.38. The van der Waals surface area contributed by atoms with Crippen molar-refractivity contribution >= 4 is 23.6 Å². The predicted molar refractivity (Wildman–Crippen MR) is 72.5 cm³/mol. The molecular weight excluding hydrogens is 266 g/mol. The van der Waals surface area contributed by atoms with Crippen molar-refractivity contribution < 1.29 is 14.3 Å². The van der Waals surface area contributed by atoms with Gasteiger partial charge in [-0.05, 0) is 30.7 Å². The molecule has 1 rings (SSSR count). The number of carbonyl (C=O) groups excluding carboxylic acids is 1. The van der Waals surface area contributed by atoms with Crippen LogP contribution >= 0.6 is 11.6 Å². The molecule has 0 unspecified atom stereocenters. The first-order chi connectivity index (χ1) is 9.06. The molecule has 0 aliphatic rings. The van der Waals surface area contributed by atoms with Gasteiger partial charge in [-0.25, -0.2) is 4.79 Å². The zero-order valence-corrected chi connectivity index (χ0v) is 11.5. The smallest absolute Gasteiger partial charge is 0.349 e. The molecule has 0 saturated heterocycles. The predicted octanol–water partition coefficient (Wildman–Crippen LogP) is 2.83. The molecule has 0 aliphatic carbocycles. The van der Waals surface area contributed by atoms with E-state index in [1.165, 1.54) is 13.2 Å². The molecule has 0 aliphatic heterocycles. The molecule has 4 nitrogen and oxygen atoms in total. The normalized spacial score (nSPS) is 12.6. The van der Waals surface area contributed by atoms with Crippen LogP contribution < -0.4 is 0 Å². The molecule has 1 aromatic rings. The molecule has 0 saturated carbocycles. The number of rotatable bonds is 5. The van der Waals surface area contributed by atoms with E-state index >= 15 is 0 Å². The zero-order valence-electron chi connectivity index (χ0n) is 10.7. The average molecular weight is 280 g/mol. The molecule has 0 heterocycles. The minimum atomic E-state index is -0.665. The van der Waals surface area contributed by atoms with Gasteiger partial charge in [-0.15, -0.1) is 0 Å². The first-order valence-electron chi connectivity index (χ1n) is 5.64. The monoisotopic (exact) mass is 279 g/mol. The molecule has 0 N–H and O–H groups in total. The van der Waals surface area contributed by atoms with Gasteiger partial charge < -0.3 is 9.47 Å². The number of benzene rings is 1. The summed E-state index contributed by atoms with van der Waals surface area (Å²) in [5.74, 6) is -0.665. The van der Waals surface area contributed by atoms with Gasteiger partial charge in [0, 0.05) is 12.1 Å². The van der Waals surface area contributed by atoms with E-state index in [2.05, 4.69) is 0 Å². The lowest BCUT2D eigenvalue weighted by atomic mass is 10.1.